The highest BCUT2D eigenvalue weighted by Gasteiger charge is 2.35. The normalized spacial score (nSPS) is 26.8. The number of ketones is 1. The Morgan fingerprint density at radius 1 is 1.25 bits per heavy atom. The molecule has 1 unspecified atom stereocenters. The van der Waals surface area contributed by atoms with Crippen LogP contribution in [0.4, 0.5) is 4.79 Å². The van der Waals surface area contributed by atoms with Crippen LogP contribution in [0.2, 0.25) is 0 Å². The molecule has 2 atom stereocenters. The molecule has 0 radical (unpaired) electrons. The van der Waals surface area contributed by atoms with Gasteiger partial charge in [-0.25, -0.2) is 4.79 Å². The molecule has 0 spiro atoms. The van der Waals surface area contributed by atoms with Crippen molar-refractivity contribution < 1.29 is 14.3 Å². The van der Waals surface area contributed by atoms with Crippen LogP contribution in [0.3, 0.4) is 0 Å². The zero-order valence-electron chi connectivity index (χ0n) is 10.7. The van der Waals surface area contributed by atoms with Crippen LogP contribution in [0.25, 0.3) is 0 Å². The van der Waals surface area contributed by atoms with Crippen LogP contribution in [-0.4, -0.2) is 34.5 Å². The minimum Gasteiger partial charge on any atom is -0.444 e. The summed E-state index contributed by atoms with van der Waals surface area (Å²) in [6, 6.07) is -0.128. The number of nitrogens with zero attached hydrogens (tertiary/aromatic N) is 1. The molecule has 4 nitrogen and oxygen atoms in total. The van der Waals surface area contributed by atoms with E-state index in [1.54, 1.807) is 4.90 Å². The third-order valence-electron chi connectivity index (χ3n) is 2.60. The lowest BCUT2D eigenvalue weighted by Crippen LogP contribution is -2.51. The summed E-state index contributed by atoms with van der Waals surface area (Å²) in [5.74, 6) is 0.222. The fourth-order valence-electron chi connectivity index (χ4n) is 2.05. The number of rotatable bonds is 0. The Bertz CT molecular complexity index is 279. The van der Waals surface area contributed by atoms with Crippen molar-refractivity contribution in [2.24, 2.45) is 0 Å². The van der Waals surface area contributed by atoms with E-state index in [4.69, 9.17) is 4.74 Å². The van der Waals surface area contributed by atoms with Crippen molar-refractivity contribution in [3.8, 4) is 0 Å². The Kier molecular flexibility index (Phi) is 3.61. The van der Waals surface area contributed by atoms with Gasteiger partial charge in [-0.2, -0.15) is 0 Å². The van der Waals surface area contributed by atoms with E-state index in [0.717, 1.165) is 0 Å². The van der Waals surface area contributed by atoms with E-state index in [9.17, 15) is 9.59 Å². The average molecular weight is 227 g/mol. The van der Waals surface area contributed by atoms with Crippen molar-refractivity contribution in [3.63, 3.8) is 0 Å². The van der Waals surface area contributed by atoms with Gasteiger partial charge in [0.05, 0.1) is 0 Å². The van der Waals surface area contributed by atoms with Crippen LogP contribution in [-0.2, 0) is 9.53 Å². The van der Waals surface area contributed by atoms with Crippen LogP contribution in [0.5, 0.6) is 0 Å². The van der Waals surface area contributed by atoms with Crippen LogP contribution in [0, 0.1) is 0 Å². The molecule has 1 rings (SSSR count). The van der Waals surface area contributed by atoms with Crippen LogP contribution < -0.4 is 0 Å². The van der Waals surface area contributed by atoms with E-state index in [0.29, 0.717) is 12.8 Å². The van der Waals surface area contributed by atoms with E-state index in [1.165, 1.54) is 0 Å². The predicted octanol–water partition coefficient (Wildman–Crippen LogP) is 2.36. The molecule has 1 fully saturated rings. The number of ether oxygens (including phenoxy) is 1. The summed E-state index contributed by atoms with van der Waals surface area (Å²) >= 11 is 0. The van der Waals surface area contributed by atoms with Crippen molar-refractivity contribution in [1.29, 1.82) is 0 Å². The second kappa shape index (κ2) is 4.44. The molecule has 0 saturated carbocycles. The lowest BCUT2D eigenvalue weighted by Gasteiger charge is -2.38. The maximum atomic E-state index is 11.9. The zero-order chi connectivity index (χ0) is 12.5. The van der Waals surface area contributed by atoms with Gasteiger partial charge in [-0.05, 0) is 34.6 Å². The highest BCUT2D eigenvalue weighted by molar-refractivity contribution is 5.82. The SMILES string of the molecule is CC1CC(=O)C[C@H](C)N1C(=O)OC(C)(C)C. The minimum absolute atomic E-state index is 0.0638. The number of carbonyl (C=O) groups is 2. The first-order valence-corrected chi connectivity index (χ1v) is 5.73. The summed E-state index contributed by atoms with van der Waals surface area (Å²) in [7, 11) is 0. The average Bonchev–Trinajstić information content (AvgIpc) is 1.96. The monoisotopic (exact) mass is 227 g/mol. The number of amides is 1. The summed E-state index contributed by atoms with van der Waals surface area (Å²) in [5.41, 5.74) is -0.488. The molecule has 92 valence electrons. The highest BCUT2D eigenvalue weighted by Crippen LogP contribution is 2.22. The van der Waals surface area contributed by atoms with E-state index < -0.39 is 5.60 Å². The van der Waals surface area contributed by atoms with E-state index in [2.05, 4.69) is 0 Å². The van der Waals surface area contributed by atoms with Gasteiger partial charge < -0.3 is 9.64 Å². The Hall–Kier alpha value is -1.06. The second-order valence-electron chi connectivity index (χ2n) is 5.53. The van der Waals surface area contributed by atoms with Gasteiger partial charge in [-0.3, -0.25) is 4.79 Å². The summed E-state index contributed by atoms with van der Waals surface area (Å²) in [5, 5.41) is 0. The third-order valence-corrected chi connectivity index (χ3v) is 2.60. The van der Waals surface area contributed by atoms with Crippen molar-refractivity contribution in [2.45, 2.75) is 65.1 Å². The molecule has 0 aromatic rings. The van der Waals surface area contributed by atoms with Gasteiger partial charge in [0.1, 0.15) is 11.4 Å². The minimum atomic E-state index is -0.488. The van der Waals surface area contributed by atoms with E-state index in [-0.39, 0.29) is 24.0 Å². The first kappa shape index (κ1) is 13.0. The van der Waals surface area contributed by atoms with E-state index >= 15 is 0 Å². The van der Waals surface area contributed by atoms with Crippen molar-refractivity contribution in [3.05, 3.63) is 0 Å². The number of hydrogen-bond donors (Lipinski definition) is 0. The van der Waals surface area contributed by atoms with Gasteiger partial charge in [-0.1, -0.05) is 0 Å². The number of hydrogen-bond acceptors (Lipinski definition) is 3. The molecular formula is C12H21NO3. The number of likely N-dealkylation sites (tertiary alicyclic amines) is 1. The predicted molar refractivity (Wildman–Crippen MR) is 61.2 cm³/mol. The van der Waals surface area contributed by atoms with E-state index in [1.807, 2.05) is 34.6 Å². The van der Waals surface area contributed by atoms with Gasteiger partial charge in [-0.15, -0.1) is 0 Å². The maximum absolute atomic E-state index is 11.9. The molecular weight excluding hydrogens is 206 g/mol. The van der Waals surface area contributed by atoms with Crippen molar-refractivity contribution in [2.75, 3.05) is 0 Å². The molecule has 0 bridgehead atoms. The fraction of sp³-hybridized carbons (Fsp3) is 0.833. The second-order valence-corrected chi connectivity index (χ2v) is 5.53. The molecule has 0 N–H and O–H groups in total. The van der Waals surface area contributed by atoms with Crippen LogP contribution >= 0.6 is 0 Å². The molecule has 1 aliphatic heterocycles. The number of carbonyl (C=O) groups excluding carboxylic acids is 2. The quantitative estimate of drug-likeness (QED) is 0.638. The van der Waals surface area contributed by atoms with Gasteiger partial charge in [0, 0.05) is 24.9 Å². The molecule has 0 aromatic carbocycles. The number of piperidine rings is 1. The molecule has 1 saturated heterocycles. The first-order valence-electron chi connectivity index (χ1n) is 5.73. The smallest absolute Gasteiger partial charge is 0.410 e. The molecule has 16 heavy (non-hydrogen) atoms. The van der Waals surface area contributed by atoms with Gasteiger partial charge in [0.25, 0.3) is 0 Å². The summed E-state index contributed by atoms with van der Waals surface area (Å²) in [6.07, 6.45) is 0.549. The molecule has 1 heterocycles. The maximum Gasteiger partial charge on any atom is 0.410 e. The molecule has 1 amide bonds. The van der Waals surface area contributed by atoms with Gasteiger partial charge in [0.15, 0.2) is 0 Å². The Balaban J connectivity index is 2.71. The molecule has 1 aliphatic rings. The lowest BCUT2D eigenvalue weighted by molar-refractivity contribution is -0.124. The summed E-state index contributed by atoms with van der Waals surface area (Å²) in [6.45, 7) is 9.30. The van der Waals surface area contributed by atoms with Crippen molar-refractivity contribution in [1.82, 2.24) is 4.90 Å². The van der Waals surface area contributed by atoms with Crippen molar-refractivity contribution >= 4 is 11.9 Å². The molecule has 0 aromatic heterocycles. The van der Waals surface area contributed by atoms with Gasteiger partial charge >= 0.3 is 6.09 Å². The molecule has 4 heteroatoms. The Morgan fingerprint density at radius 2 is 1.69 bits per heavy atom. The largest absolute Gasteiger partial charge is 0.444 e. The Labute approximate surface area is 96.9 Å². The van der Waals surface area contributed by atoms with Gasteiger partial charge in [0.2, 0.25) is 0 Å². The number of Topliss-reactive ketones (excluding diaryl/α,β-unsaturated/α-hetero) is 1. The lowest BCUT2D eigenvalue weighted by atomic mass is 9.97. The summed E-state index contributed by atoms with van der Waals surface area (Å²) < 4.78 is 5.33. The molecule has 0 aliphatic carbocycles. The first-order chi connectivity index (χ1) is 7.20. The van der Waals surface area contributed by atoms with Crippen LogP contribution in [0.1, 0.15) is 47.5 Å². The standard InChI is InChI=1S/C12H21NO3/c1-8-6-10(14)7-9(2)13(8)11(15)16-12(3,4)5/h8-9H,6-7H2,1-5H3/t8-,9?/m0/s1. The Morgan fingerprint density at radius 3 is 2.06 bits per heavy atom. The third kappa shape index (κ3) is 3.22. The summed E-state index contributed by atoms with van der Waals surface area (Å²) in [4.78, 5) is 25.0. The topological polar surface area (TPSA) is 46.6 Å². The highest BCUT2D eigenvalue weighted by atomic mass is 16.6. The van der Waals surface area contributed by atoms with Crippen LogP contribution in [0.15, 0.2) is 0 Å². The zero-order valence-corrected chi connectivity index (χ0v) is 10.7. The fourth-order valence-corrected chi connectivity index (χ4v) is 2.05.